The predicted octanol–water partition coefficient (Wildman–Crippen LogP) is 2.21. The van der Waals surface area contributed by atoms with Gasteiger partial charge >= 0.3 is 5.97 Å². The van der Waals surface area contributed by atoms with Gasteiger partial charge in [-0.05, 0) is 25.3 Å². The maximum Gasteiger partial charge on any atom is 0.338 e. The van der Waals surface area contributed by atoms with Gasteiger partial charge in [0.25, 0.3) is 0 Å². The van der Waals surface area contributed by atoms with Crippen molar-refractivity contribution in [3.05, 3.63) is 23.7 Å². The zero-order valence-electron chi connectivity index (χ0n) is 9.53. The molecule has 0 bridgehead atoms. The molecule has 90 valence electrons. The number of carbonyl (C=O) groups is 1. The third kappa shape index (κ3) is 4.28. The van der Waals surface area contributed by atoms with E-state index >= 15 is 0 Å². The molecule has 4 nitrogen and oxygen atoms in total. The van der Waals surface area contributed by atoms with Crippen molar-refractivity contribution in [2.45, 2.75) is 25.1 Å². The molecule has 16 heavy (non-hydrogen) atoms. The molecule has 1 rings (SSSR count). The van der Waals surface area contributed by atoms with Crippen molar-refractivity contribution in [2.75, 3.05) is 12.8 Å². The van der Waals surface area contributed by atoms with Gasteiger partial charge in [-0.2, -0.15) is 11.8 Å². The summed E-state index contributed by atoms with van der Waals surface area (Å²) in [6, 6.07) is 1.55. The number of furan rings is 1. The Hall–Kier alpha value is -0.940. The first-order valence-corrected chi connectivity index (χ1v) is 6.46. The summed E-state index contributed by atoms with van der Waals surface area (Å²) in [5.41, 5.74) is 0.203. The normalized spacial score (nSPS) is 12.6. The Morgan fingerprint density at radius 2 is 2.44 bits per heavy atom. The summed E-state index contributed by atoms with van der Waals surface area (Å²) in [5, 5.41) is 12.5. The van der Waals surface area contributed by atoms with E-state index in [0.29, 0.717) is 17.6 Å². The summed E-state index contributed by atoms with van der Waals surface area (Å²) in [4.78, 5) is 10.6. The van der Waals surface area contributed by atoms with Gasteiger partial charge in [-0.25, -0.2) is 4.79 Å². The Morgan fingerprint density at radius 1 is 1.69 bits per heavy atom. The fourth-order valence-electron chi connectivity index (χ4n) is 1.22. The minimum Gasteiger partial charge on any atom is -0.478 e. The Balaban J connectivity index is 2.24. The number of hydrogen-bond donors (Lipinski definition) is 2. The van der Waals surface area contributed by atoms with Gasteiger partial charge < -0.3 is 14.8 Å². The highest BCUT2D eigenvalue weighted by molar-refractivity contribution is 7.99. The molecule has 0 fully saturated rings. The van der Waals surface area contributed by atoms with Crippen molar-refractivity contribution >= 4 is 17.7 Å². The monoisotopic (exact) mass is 243 g/mol. The summed E-state index contributed by atoms with van der Waals surface area (Å²) in [6.45, 7) is 3.67. The van der Waals surface area contributed by atoms with Gasteiger partial charge in [0.2, 0.25) is 0 Å². The van der Waals surface area contributed by atoms with E-state index in [1.54, 1.807) is 6.07 Å². The van der Waals surface area contributed by atoms with E-state index in [1.807, 2.05) is 11.8 Å². The molecule has 0 aliphatic heterocycles. The van der Waals surface area contributed by atoms with E-state index in [0.717, 1.165) is 13.0 Å². The zero-order chi connectivity index (χ0) is 12.0. The van der Waals surface area contributed by atoms with Crippen molar-refractivity contribution < 1.29 is 14.3 Å². The second-order valence-corrected chi connectivity index (χ2v) is 4.89. The minimum absolute atomic E-state index is 0.203. The second-order valence-electron chi connectivity index (χ2n) is 3.62. The molecule has 0 aliphatic rings. The number of thioether (sulfide) groups is 1. The highest BCUT2D eigenvalue weighted by atomic mass is 32.2. The lowest BCUT2D eigenvalue weighted by molar-refractivity contribution is 0.0696. The van der Waals surface area contributed by atoms with Gasteiger partial charge in [-0.1, -0.05) is 6.92 Å². The van der Waals surface area contributed by atoms with Crippen molar-refractivity contribution in [3.8, 4) is 0 Å². The van der Waals surface area contributed by atoms with E-state index < -0.39 is 5.97 Å². The minimum atomic E-state index is -0.953. The highest BCUT2D eigenvalue weighted by Crippen LogP contribution is 2.09. The number of rotatable bonds is 7. The fourth-order valence-corrected chi connectivity index (χ4v) is 1.57. The van der Waals surface area contributed by atoms with E-state index in [2.05, 4.69) is 18.5 Å². The molecule has 0 radical (unpaired) electrons. The van der Waals surface area contributed by atoms with Crippen LogP contribution in [-0.2, 0) is 6.54 Å². The standard InChI is InChI=1S/C11H17NO3S/c1-8(16-2)3-4-12-6-10-5-9(7-15-10)11(13)14/h5,7-8,12H,3-4,6H2,1-2H3,(H,13,14). The van der Waals surface area contributed by atoms with Crippen molar-refractivity contribution in [3.63, 3.8) is 0 Å². The van der Waals surface area contributed by atoms with Gasteiger partial charge in [0.1, 0.15) is 12.0 Å². The zero-order valence-corrected chi connectivity index (χ0v) is 10.3. The lowest BCUT2D eigenvalue weighted by atomic mass is 10.3. The van der Waals surface area contributed by atoms with Gasteiger partial charge in [0.15, 0.2) is 0 Å². The van der Waals surface area contributed by atoms with Crippen LogP contribution in [0.2, 0.25) is 0 Å². The largest absolute Gasteiger partial charge is 0.478 e. The predicted molar refractivity (Wildman–Crippen MR) is 65.0 cm³/mol. The molecule has 5 heteroatoms. The molecule has 0 saturated heterocycles. The third-order valence-electron chi connectivity index (χ3n) is 2.33. The lowest BCUT2D eigenvalue weighted by Crippen LogP contribution is -2.17. The number of nitrogens with one attached hydrogen (secondary N) is 1. The van der Waals surface area contributed by atoms with E-state index in [9.17, 15) is 4.79 Å². The van der Waals surface area contributed by atoms with E-state index in [1.165, 1.54) is 6.26 Å². The van der Waals surface area contributed by atoms with Crippen LogP contribution in [-0.4, -0.2) is 29.1 Å². The van der Waals surface area contributed by atoms with Gasteiger partial charge in [-0.3, -0.25) is 0 Å². The van der Waals surface area contributed by atoms with Crippen molar-refractivity contribution in [1.82, 2.24) is 5.32 Å². The summed E-state index contributed by atoms with van der Waals surface area (Å²) >= 11 is 1.84. The molecular weight excluding hydrogens is 226 g/mol. The molecule has 1 unspecified atom stereocenters. The second kappa shape index (κ2) is 6.60. The average Bonchev–Trinajstić information content (AvgIpc) is 2.72. The quantitative estimate of drug-likeness (QED) is 0.719. The fraction of sp³-hybridized carbons (Fsp3) is 0.545. The number of carboxylic acids is 1. The Morgan fingerprint density at radius 3 is 3.00 bits per heavy atom. The first kappa shape index (κ1) is 13.1. The summed E-state index contributed by atoms with van der Waals surface area (Å²) in [7, 11) is 0. The SMILES string of the molecule is CSC(C)CCNCc1cc(C(=O)O)co1. The van der Waals surface area contributed by atoms with Gasteiger partial charge in [0, 0.05) is 5.25 Å². The smallest absolute Gasteiger partial charge is 0.338 e. The molecule has 1 atom stereocenters. The van der Waals surface area contributed by atoms with Crippen LogP contribution >= 0.6 is 11.8 Å². The Labute approximate surface area is 99.4 Å². The number of aromatic carboxylic acids is 1. The van der Waals surface area contributed by atoms with Crippen LogP contribution in [0, 0.1) is 0 Å². The molecular formula is C11H17NO3S. The average molecular weight is 243 g/mol. The molecule has 0 aliphatic carbocycles. The molecule has 0 saturated carbocycles. The summed E-state index contributed by atoms with van der Waals surface area (Å²) < 4.78 is 5.11. The van der Waals surface area contributed by atoms with Crippen LogP contribution in [0.1, 0.15) is 29.5 Å². The third-order valence-corrected chi connectivity index (χ3v) is 3.37. The number of hydrogen-bond acceptors (Lipinski definition) is 4. The molecule has 0 spiro atoms. The van der Waals surface area contributed by atoms with Crippen LogP contribution in [0.3, 0.4) is 0 Å². The molecule has 1 aromatic heterocycles. The van der Waals surface area contributed by atoms with E-state index in [-0.39, 0.29) is 5.56 Å². The summed E-state index contributed by atoms with van der Waals surface area (Å²) in [6.07, 6.45) is 4.45. The maximum atomic E-state index is 10.6. The summed E-state index contributed by atoms with van der Waals surface area (Å²) in [5.74, 6) is -0.291. The van der Waals surface area contributed by atoms with Crippen LogP contribution in [0.15, 0.2) is 16.7 Å². The van der Waals surface area contributed by atoms with Crippen LogP contribution in [0.4, 0.5) is 0 Å². The van der Waals surface area contributed by atoms with Crippen molar-refractivity contribution in [2.24, 2.45) is 0 Å². The number of carboxylic acid groups (broad SMARTS) is 1. The van der Waals surface area contributed by atoms with Crippen LogP contribution < -0.4 is 5.32 Å². The Bertz CT molecular complexity index is 338. The maximum absolute atomic E-state index is 10.6. The molecule has 0 amide bonds. The first-order chi connectivity index (χ1) is 7.63. The molecule has 1 aromatic rings. The molecule has 2 N–H and O–H groups in total. The topological polar surface area (TPSA) is 62.5 Å². The van der Waals surface area contributed by atoms with Crippen LogP contribution in [0.5, 0.6) is 0 Å². The van der Waals surface area contributed by atoms with Crippen LogP contribution in [0.25, 0.3) is 0 Å². The van der Waals surface area contributed by atoms with Crippen molar-refractivity contribution in [1.29, 1.82) is 0 Å². The van der Waals surface area contributed by atoms with Gasteiger partial charge in [0.05, 0.1) is 12.1 Å². The van der Waals surface area contributed by atoms with E-state index in [4.69, 9.17) is 9.52 Å². The molecule has 1 heterocycles. The highest BCUT2D eigenvalue weighted by Gasteiger charge is 2.07. The Kier molecular flexibility index (Phi) is 5.42. The first-order valence-electron chi connectivity index (χ1n) is 5.17. The van der Waals surface area contributed by atoms with Gasteiger partial charge in [-0.15, -0.1) is 0 Å². The lowest BCUT2D eigenvalue weighted by Gasteiger charge is -2.07. The molecule has 0 aromatic carbocycles.